The number of nitrogens with zero attached hydrogens (tertiary/aromatic N) is 3. The van der Waals surface area contributed by atoms with Gasteiger partial charge in [0.05, 0.1) is 6.20 Å². The molecule has 0 atom stereocenters. The Morgan fingerprint density at radius 2 is 2.27 bits per heavy atom. The monoisotopic (exact) mass is 217 g/mol. The lowest BCUT2D eigenvalue weighted by molar-refractivity contribution is 0.606. The van der Waals surface area contributed by atoms with Crippen LogP contribution in [0, 0.1) is 6.92 Å². The van der Waals surface area contributed by atoms with Gasteiger partial charge in [-0.25, -0.2) is 9.97 Å². The molecule has 3 rings (SSSR count). The Morgan fingerprint density at radius 1 is 1.33 bits per heavy atom. The molecule has 0 aromatic carbocycles. The smallest absolute Gasteiger partial charge is 0.250 e. The van der Waals surface area contributed by atoms with E-state index in [0.717, 1.165) is 5.56 Å². The molecule has 0 amide bonds. The van der Waals surface area contributed by atoms with Crippen LogP contribution in [0.4, 0.5) is 0 Å². The summed E-state index contributed by atoms with van der Waals surface area (Å²) in [6.45, 7) is 1.83. The highest BCUT2D eigenvalue weighted by Crippen LogP contribution is 2.24. The van der Waals surface area contributed by atoms with Crippen molar-refractivity contribution in [3.8, 4) is 11.5 Å². The number of rotatable bonds is 1. The molecule has 0 aliphatic heterocycles. The van der Waals surface area contributed by atoms with Crippen LogP contribution in [-0.2, 0) is 0 Å². The predicted molar refractivity (Wildman–Crippen MR) is 57.6 cm³/mol. The number of aryl methyl sites for hydroxylation is 1. The quantitative estimate of drug-likeness (QED) is 0.628. The van der Waals surface area contributed by atoms with Gasteiger partial charge in [-0.15, -0.1) is 0 Å². The molecule has 0 aliphatic rings. The minimum atomic E-state index is 0.545. The second-order valence-corrected chi connectivity index (χ2v) is 3.92. The summed E-state index contributed by atoms with van der Waals surface area (Å²) in [5.74, 6) is 1.29. The highest BCUT2D eigenvalue weighted by Gasteiger charge is 2.09. The van der Waals surface area contributed by atoms with Crippen LogP contribution < -0.4 is 0 Å². The maximum absolute atomic E-state index is 5.54. The van der Waals surface area contributed by atoms with Gasteiger partial charge in [-0.05, 0) is 18.4 Å². The SMILES string of the molecule is Cc1ncc2nc(-c3ccsc3)oc2n1. The summed E-state index contributed by atoms with van der Waals surface area (Å²) in [4.78, 5) is 12.6. The number of fused-ring (bicyclic) bond motifs is 1. The lowest BCUT2D eigenvalue weighted by Crippen LogP contribution is -1.84. The molecule has 0 bridgehead atoms. The van der Waals surface area contributed by atoms with E-state index in [-0.39, 0.29) is 0 Å². The third kappa shape index (κ3) is 1.41. The minimum absolute atomic E-state index is 0.545. The lowest BCUT2D eigenvalue weighted by Gasteiger charge is -1.86. The van der Waals surface area contributed by atoms with E-state index in [1.54, 1.807) is 17.5 Å². The summed E-state index contributed by atoms with van der Waals surface area (Å²) in [5, 5.41) is 3.98. The Morgan fingerprint density at radius 3 is 3.07 bits per heavy atom. The minimum Gasteiger partial charge on any atom is -0.418 e. The average molecular weight is 217 g/mol. The van der Waals surface area contributed by atoms with Gasteiger partial charge >= 0.3 is 0 Å². The number of aromatic nitrogens is 3. The molecular weight excluding hydrogens is 210 g/mol. The van der Waals surface area contributed by atoms with E-state index in [9.17, 15) is 0 Å². The third-order valence-electron chi connectivity index (χ3n) is 2.04. The van der Waals surface area contributed by atoms with Crippen molar-refractivity contribution in [3.63, 3.8) is 0 Å². The second-order valence-electron chi connectivity index (χ2n) is 3.14. The molecule has 3 aromatic rings. The molecule has 0 saturated heterocycles. The van der Waals surface area contributed by atoms with E-state index in [4.69, 9.17) is 4.42 Å². The molecule has 0 aliphatic carbocycles. The molecule has 15 heavy (non-hydrogen) atoms. The maximum Gasteiger partial charge on any atom is 0.250 e. The first-order valence-corrected chi connectivity index (χ1v) is 5.40. The van der Waals surface area contributed by atoms with E-state index in [1.807, 2.05) is 23.8 Å². The summed E-state index contributed by atoms with van der Waals surface area (Å²) >= 11 is 1.61. The third-order valence-corrected chi connectivity index (χ3v) is 2.72. The van der Waals surface area contributed by atoms with Crippen molar-refractivity contribution in [2.24, 2.45) is 0 Å². The Hall–Kier alpha value is -1.75. The van der Waals surface area contributed by atoms with Crippen molar-refractivity contribution in [1.82, 2.24) is 15.0 Å². The highest BCUT2D eigenvalue weighted by molar-refractivity contribution is 7.08. The van der Waals surface area contributed by atoms with Crippen molar-refractivity contribution in [3.05, 3.63) is 28.8 Å². The van der Waals surface area contributed by atoms with Crippen molar-refractivity contribution in [2.45, 2.75) is 6.92 Å². The first-order chi connectivity index (χ1) is 7.33. The van der Waals surface area contributed by atoms with Gasteiger partial charge in [0.15, 0.2) is 0 Å². The van der Waals surface area contributed by atoms with Crippen molar-refractivity contribution in [2.75, 3.05) is 0 Å². The first kappa shape index (κ1) is 8.55. The molecule has 3 aromatic heterocycles. The predicted octanol–water partition coefficient (Wildman–Crippen LogP) is 2.65. The molecular formula is C10H7N3OS. The summed E-state index contributed by atoms with van der Waals surface area (Å²) in [5.41, 5.74) is 2.22. The second kappa shape index (κ2) is 3.13. The van der Waals surface area contributed by atoms with E-state index in [0.29, 0.717) is 22.9 Å². The molecule has 0 fully saturated rings. The number of hydrogen-bond acceptors (Lipinski definition) is 5. The fraction of sp³-hybridized carbons (Fsp3) is 0.100. The van der Waals surface area contributed by atoms with E-state index in [2.05, 4.69) is 15.0 Å². The molecule has 0 spiro atoms. The maximum atomic E-state index is 5.54. The van der Waals surface area contributed by atoms with Gasteiger partial charge in [0.2, 0.25) is 5.89 Å². The Kier molecular flexibility index (Phi) is 1.78. The largest absolute Gasteiger partial charge is 0.418 e. The highest BCUT2D eigenvalue weighted by atomic mass is 32.1. The molecule has 4 nitrogen and oxygen atoms in total. The van der Waals surface area contributed by atoms with Gasteiger partial charge in [-0.1, -0.05) is 0 Å². The Balaban J connectivity index is 2.22. The summed E-state index contributed by atoms with van der Waals surface area (Å²) in [6.07, 6.45) is 1.68. The van der Waals surface area contributed by atoms with Gasteiger partial charge < -0.3 is 4.42 Å². The van der Waals surface area contributed by atoms with Gasteiger partial charge in [0.1, 0.15) is 11.3 Å². The van der Waals surface area contributed by atoms with E-state index in [1.165, 1.54) is 0 Å². The first-order valence-electron chi connectivity index (χ1n) is 4.46. The van der Waals surface area contributed by atoms with Gasteiger partial charge in [-0.3, -0.25) is 0 Å². The van der Waals surface area contributed by atoms with Crippen molar-refractivity contribution < 1.29 is 4.42 Å². The zero-order valence-corrected chi connectivity index (χ0v) is 8.78. The van der Waals surface area contributed by atoms with Crippen LogP contribution in [0.25, 0.3) is 22.7 Å². The van der Waals surface area contributed by atoms with Crippen LogP contribution in [0.1, 0.15) is 5.82 Å². The van der Waals surface area contributed by atoms with Crippen LogP contribution >= 0.6 is 11.3 Å². The van der Waals surface area contributed by atoms with Gasteiger partial charge in [0, 0.05) is 10.9 Å². The summed E-state index contributed by atoms with van der Waals surface area (Å²) < 4.78 is 5.54. The van der Waals surface area contributed by atoms with Crippen LogP contribution in [0.5, 0.6) is 0 Å². The zero-order valence-electron chi connectivity index (χ0n) is 7.97. The fourth-order valence-corrected chi connectivity index (χ4v) is 1.96. The van der Waals surface area contributed by atoms with Gasteiger partial charge in [-0.2, -0.15) is 16.3 Å². The molecule has 0 radical (unpaired) electrons. The number of thiophene rings is 1. The summed E-state index contributed by atoms with van der Waals surface area (Å²) in [7, 11) is 0. The lowest BCUT2D eigenvalue weighted by atomic mass is 10.3. The molecule has 0 N–H and O–H groups in total. The van der Waals surface area contributed by atoms with Crippen LogP contribution in [0.3, 0.4) is 0 Å². The Bertz CT molecular complexity index is 600. The van der Waals surface area contributed by atoms with Crippen LogP contribution in [0.15, 0.2) is 27.4 Å². The Labute approximate surface area is 89.6 Å². The zero-order chi connectivity index (χ0) is 10.3. The number of hydrogen-bond donors (Lipinski definition) is 0. The number of oxazole rings is 1. The van der Waals surface area contributed by atoms with Crippen molar-refractivity contribution in [1.29, 1.82) is 0 Å². The summed E-state index contributed by atoms with van der Waals surface area (Å²) in [6, 6.07) is 1.97. The van der Waals surface area contributed by atoms with Gasteiger partial charge in [0.25, 0.3) is 5.71 Å². The normalized spacial score (nSPS) is 11.0. The molecule has 0 unspecified atom stereocenters. The molecule has 74 valence electrons. The average Bonchev–Trinajstić information content (AvgIpc) is 2.84. The fourth-order valence-electron chi connectivity index (χ4n) is 1.33. The van der Waals surface area contributed by atoms with E-state index < -0.39 is 0 Å². The topological polar surface area (TPSA) is 51.8 Å². The standard InChI is InChI=1S/C10H7N3OS/c1-6-11-4-8-10(12-6)14-9(13-8)7-2-3-15-5-7/h2-5H,1H3. The molecule has 0 saturated carbocycles. The molecule has 5 heteroatoms. The van der Waals surface area contributed by atoms with E-state index >= 15 is 0 Å². The van der Waals surface area contributed by atoms with Crippen LogP contribution in [-0.4, -0.2) is 15.0 Å². The van der Waals surface area contributed by atoms with Crippen molar-refractivity contribution >= 4 is 22.6 Å². The van der Waals surface area contributed by atoms with Crippen LogP contribution in [0.2, 0.25) is 0 Å². The molecule has 3 heterocycles.